The molecule has 2 heterocycles. The van der Waals surface area contributed by atoms with Crippen LogP contribution in [-0.4, -0.2) is 42.2 Å². The van der Waals surface area contributed by atoms with Crippen LogP contribution in [-0.2, 0) is 4.74 Å². The second kappa shape index (κ2) is 9.17. The number of rotatable bonds is 5. The lowest BCUT2D eigenvalue weighted by atomic mass is 9.80. The monoisotopic (exact) mass is 447 g/mol. The molecule has 0 saturated carbocycles. The molecule has 1 aromatic heterocycles. The number of aromatic nitrogens is 2. The number of anilines is 1. The molecular weight excluding hydrogens is 425 g/mol. The van der Waals surface area contributed by atoms with Gasteiger partial charge in [0.2, 0.25) is 0 Å². The average Bonchev–Trinajstić information content (AvgIpc) is 2.76. The summed E-state index contributed by atoms with van der Waals surface area (Å²) in [5.74, 6) is -0.119. The minimum Gasteiger partial charge on any atom is -0.461 e. The zero-order chi connectivity index (χ0) is 21.9. The molecule has 0 aliphatic carbocycles. The fourth-order valence-electron chi connectivity index (χ4n) is 3.51. The van der Waals surface area contributed by atoms with Crippen LogP contribution >= 0.6 is 23.2 Å². The van der Waals surface area contributed by atoms with E-state index in [1.807, 2.05) is 4.90 Å². The normalized spacial score (nSPS) is 15.5. The number of nitrogens with zero attached hydrogens (tertiary/aromatic N) is 4. The van der Waals surface area contributed by atoms with Gasteiger partial charge in [-0.3, -0.25) is 0 Å². The molecular formula is C21H23Cl2N5O2. The van der Waals surface area contributed by atoms with E-state index in [9.17, 15) is 10.1 Å². The Bertz CT molecular complexity index is 998. The summed E-state index contributed by atoms with van der Waals surface area (Å²) in [6.07, 6.45) is 1.18. The largest absolute Gasteiger partial charge is 0.461 e. The quantitative estimate of drug-likeness (QED) is 0.689. The van der Waals surface area contributed by atoms with Gasteiger partial charge in [-0.15, -0.1) is 0 Å². The van der Waals surface area contributed by atoms with E-state index >= 15 is 0 Å². The van der Waals surface area contributed by atoms with Gasteiger partial charge < -0.3 is 15.4 Å². The smallest absolute Gasteiger partial charge is 0.360 e. The van der Waals surface area contributed by atoms with Gasteiger partial charge in [0.15, 0.2) is 11.5 Å². The van der Waals surface area contributed by atoms with Gasteiger partial charge in [0.1, 0.15) is 0 Å². The number of hydrogen-bond acceptors (Lipinski definition) is 7. The molecule has 0 spiro atoms. The first-order valence-electron chi connectivity index (χ1n) is 9.72. The first-order chi connectivity index (χ1) is 14.4. The number of piperidine rings is 1. The van der Waals surface area contributed by atoms with E-state index in [0.717, 1.165) is 0 Å². The predicted molar refractivity (Wildman–Crippen MR) is 117 cm³/mol. The van der Waals surface area contributed by atoms with Crippen molar-refractivity contribution in [1.29, 1.82) is 5.26 Å². The van der Waals surface area contributed by atoms with Crippen molar-refractivity contribution in [2.75, 3.05) is 31.1 Å². The standard InChI is InChI=1S/C21H23Cl2N5O2/c1-3-30-20(29)18-19(28-9-7-21(11-24,12-25)8-10-28)26-13(2)17(27-18)14-5-4-6-15(22)16(14)23/h4-6H,3,7-11,24H2,1-2H3. The first-order valence-corrected chi connectivity index (χ1v) is 10.5. The molecule has 0 unspecified atom stereocenters. The molecule has 0 amide bonds. The minimum absolute atomic E-state index is 0.116. The molecule has 1 saturated heterocycles. The Balaban J connectivity index is 2.06. The Morgan fingerprint density at radius 1 is 1.33 bits per heavy atom. The van der Waals surface area contributed by atoms with Crippen molar-refractivity contribution in [3.05, 3.63) is 39.6 Å². The number of hydrogen-bond donors (Lipinski definition) is 1. The summed E-state index contributed by atoms with van der Waals surface area (Å²) in [4.78, 5) is 24.0. The van der Waals surface area contributed by atoms with E-state index in [4.69, 9.17) is 38.7 Å². The second-order valence-electron chi connectivity index (χ2n) is 7.23. The Labute approximate surface area is 185 Å². The number of ether oxygens (including phenoxy) is 1. The van der Waals surface area contributed by atoms with E-state index in [1.54, 1.807) is 32.0 Å². The topological polar surface area (TPSA) is 105 Å². The third-order valence-corrected chi connectivity index (χ3v) is 6.19. The Hall–Kier alpha value is -2.40. The number of halogens is 2. The maximum absolute atomic E-state index is 12.7. The van der Waals surface area contributed by atoms with Gasteiger partial charge in [0.05, 0.1) is 39.5 Å². The number of carbonyl (C=O) groups excluding carboxylic acids is 1. The van der Waals surface area contributed by atoms with Crippen LogP contribution in [0.5, 0.6) is 0 Å². The summed E-state index contributed by atoms with van der Waals surface area (Å²) < 4.78 is 5.23. The zero-order valence-corrected chi connectivity index (χ0v) is 18.4. The summed E-state index contributed by atoms with van der Waals surface area (Å²) >= 11 is 12.5. The highest BCUT2D eigenvalue weighted by atomic mass is 35.5. The number of aryl methyl sites for hydroxylation is 1. The maximum atomic E-state index is 12.7. The molecule has 158 valence electrons. The minimum atomic E-state index is -0.560. The van der Waals surface area contributed by atoms with Crippen LogP contribution < -0.4 is 10.6 Å². The summed E-state index contributed by atoms with van der Waals surface area (Å²) in [6, 6.07) is 7.57. The third-order valence-electron chi connectivity index (χ3n) is 5.38. The van der Waals surface area contributed by atoms with Crippen LogP contribution in [0.3, 0.4) is 0 Å². The van der Waals surface area contributed by atoms with Crippen molar-refractivity contribution in [3.8, 4) is 17.3 Å². The number of nitrogens with two attached hydrogens (primary N) is 1. The Kier molecular flexibility index (Phi) is 6.81. The fraction of sp³-hybridized carbons (Fsp3) is 0.429. The second-order valence-corrected chi connectivity index (χ2v) is 8.02. The van der Waals surface area contributed by atoms with Crippen LogP contribution in [0.2, 0.25) is 10.0 Å². The first kappa shape index (κ1) is 22.3. The highest BCUT2D eigenvalue weighted by Gasteiger charge is 2.35. The molecule has 2 N–H and O–H groups in total. The van der Waals surface area contributed by atoms with Crippen LogP contribution in [0.15, 0.2) is 18.2 Å². The van der Waals surface area contributed by atoms with Crippen molar-refractivity contribution in [1.82, 2.24) is 9.97 Å². The highest BCUT2D eigenvalue weighted by molar-refractivity contribution is 6.43. The van der Waals surface area contributed by atoms with E-state index in [0.29, 0.717) is 65.3 Å². The van der Waals surface area contributed by atoms with E-state index < -0.39 is 11.4 Å². The molecule has 0 bridgehead atoms. The highest BCUT2D eigenvalue weighted by Crippen LogP contribution is 2.36. The van der Waals surface area contributed by atoms with Crippen molar-refractivity contribution >= 4 is 35.0 Å². The van der Waals surface area contributed by atoms with Gasteiger partial charge in [0, 0.05) is 25.2 Å². The molecule has 30 heavy (non-hydrogen) atoms. The summed E-state index contributed by atoms with van der Waals surface area (Å²) in [7, 11) is 0. The van der Waals surface area contributed by atoms with Crippen molar-refractivity contribution < 1.29 is 9.53 Å². The van der Waals surface area contributed by atoms with Gasteiger partial charge >= 0.3 is 5.97 Å². The summed E-state index contributed by atoms with van der Waals surface area (Å²) in [5, 5.41) is 10.2. The molecule has 1 aliphatic rings. The number of carbonyl (C=O) groups is 1. The van der Waals surface area contributed by atoms with Crippen LogP contribution in [0.4, 0.5) is 5.82 Å². The zero-order valence-electron chi connectivity index (χ0n) is 16.9. The van der Waals surface area contributed by atoms with Crippen LogP contribution in [0.25, 0.3) is 11.3 Å². The van der Waals surface area contributed by atoms with Gasteiger partial charge in [-0.1, -0.05) is 35.3 Å². The van der Waals surface area contributed by atoms with Gasteiger partial charge in [0.25, 0.3) is 0 Å². The predicted octanol–water partition coefficient (Wildman–Crippen LogP) is 4.00. The molecule has 7 nitrogen and oxygen atoms in total. The average molecular weight is 448 g/mol. The van der Waals surface area contributed by atoms with Crippen molar-refractivity contribution in [2.45, 2.75) is 26.7 Å². The lowest BCUT2D eigenvalue weighted by Gasteiger charge is -2.37. The molecule has 9 heteroatoms. The van der Waals surface area contributed by atoms with Crippen molar-refractivity contribution in [2.24, 2.45) is 11.1 Å². The number of nitriles is 1. The summed E-state index contributed by atoms with van der Waals surface area (Å²) in [6.45, 7) is 5.15. The number of benzene rings is 1. The van der Waals surface area contributed by atoms with Gasteiger partial charge in [-0.25, -0.2) is 14.8 Å². The Morgan fingerprint density at radius 3 is 2.63 bits per heavy atom. The molecule has 3 rings (SSSR count). The maximum Gasteiger partial charge on any atom is 0.360 e. The lowest BCUT2D eigenvalue weighted by molar-refractivity contribution is 0.0519. The summed E-state index contributed by atoms with van der Waals surface area (Å²) in [5.41, 5.74) is 7.07. The third kappa shape index (κ3) is 4.22. The van der Waals surface area contributed by atoms with E-state index in [1.165, 1.54) is 0 Å². The molecule has 0 atom stereocenters. The Morgan fingerprint density at radius 2 is 2.03 bits per heavy atom. The number of esters is 1. The molecule has 2 aromatic rings. The van der Waals surface area contributed by atoms with Crippen LogP contribution in [0.1, 0.15) is 35.9 Å². The lowest BCUT2D eigenvalue weighted by Crippen LogP contribution is -2.44. The van der Waals surface area contributed by atoms with Gasteiger partial charge in [-0.2, -0.15) is 5.26 Å². The van der Waals surface area contributed by atoms with E-state index in [2.05, 4.69) is 11.1 Å². The molecule has 1 fully saturated rings. The van der Waals surface area contributed by atoms with Gasteiger partial charge in [-0.05, 0) is 32.8 Å². The fourth-order valence-corrected chi connectivity index (χ4v) is 3.90. The SMILES string of the molecule is CCOC(=O)c1nc(-c2cccc(Cl)c2Cl)c(C)nc1N1CCC(C#N)(CN)CC1. The van der Waals surface area contributed by atoms with E-state index in [-0.39, 0.29) is 12.3 Å². The van der Waals surface area contributed by atoms with Crippen LogP contribution in [0, 0.1) is 23.7 Å². The molecule has 1 aromatic carbocycles. The van der Waals surface area contributed by atoms with Crippen molar-refractivity contribution in [3.63, 3.8) is 0 Å². The molecule has 0 radical (unpaired) electrons. The molecule has 1 aliphatic heterocycles.